The highest BCUT2D eigenvalue weighted by Gasteiger charge is 2.32. The van der Waals surface area contributed by atoms with Crippen LogP contribution in [0.2, 0.25) is 0 Å². The number of nitrogens with two attached hydrogens (primary N) is 2. The molecule has 0 saturated carbocycles. The van der Waals surface area contributed by atoms with Crippen molar-refractivity contribution in [3.05, 3.63) is 71.0 Å². The average Bonchev–Trinajstić information content (AvgIpc) is 2.76. The van der Waals surface area contributed by atoms with E-state index in [1.54, 1.807) is 0 Å². The summed E-state index contributed by atoms with van der Waals surface area (Å²) in [6, 6.07) is 9.20. The number of aryl methyl sites for hydroxylation is 1. The molecule has 2 rings (SSSR count). The van der Waals surface area contributed by atoms with Crippen molar-refractivity contribution in [1.29, 1.82) is 0 Å². The van der Waals surface area contributed by atoms with Crippen LogP contribution in [0.1, 0.15) is 36.0 Å². The standard InChI is InChI=1S/C23H27F4N3O2/c24-18-10-9-17(23(25,26)27)13-16(18)14-21(31)20(11-8-15-5-2-1-3-6-15)30-22(32)19(29)7-4-12-28/h1-3,5-6,9-10,13,19-20H,4,7-8,11-12,14,28-29H2,(H,30,32)/t19-,20+/m0/s1. The van der Waals surface area contributed by atoms with E-state index in [0.717, 1.165) is 5.56 Å². The molecule has 0 aliphatic rings. The average molecular weight is 453 g/mol. The van der Waals surface area contributed by atoms with Crippen LogP contribution >= 0.6 is 0 Å². The third kappa shape index (κ3) is 7.72. The third-order valence-corrected chi connectivity index (χ3v) is 5.06. The molecular weight excluding hydrogens is 426 g/mol. The minimum Gasteiger partial charge on any atom is -0.345 e. The summed E-state index contributed by atoms with van der Waals surface area (Å²) < 4.78 is 53.1. The van der Waals surface area contributed by atoms with Gasteiger partial charge in [0.1, 0.15) is 5.82 Å². The Hall–Kier alpha value is -2.78. The number of hydrogen-bond donors (Lipinski definition) is 3. The first kappa shape index (κ1) is 25.5. The molecule has 0 aliphatic heterocycles. The summed E-state index contributed by atoms with van der Waals surface area (Å²) >= 11 is 0. The van der Waals surface area contributed by atoms with Crippen molar-refractivity contribution >= 4 is 11.7 Å². The minimum absolute atomic E-state index is 0.193. The normalized spacial score (nSPS) is 13.4. The number of halogens is 4. The zero-order chi connectivity index (χ0) is 23.7. The number of carbonyl (C=O) groups excluding carboxylic acids is 2. The van der Waals surface area contributed by atoms with Crippen molar-refractivity contribution < 1.29 is 27.2 Å². The molecule has 2 atom stereocenters. The summed E-state index contributed by atoms with van der Waals surface area (Å²) in [6.07, 6.45) is -3.79. The molecule has 0 unspecified atom stereocenters. The van der Waals surface area contributed by atoms with Crippen molar-refractivity contribution in [2.75, 3.05) is 6.54 Å². The molecule has 0 saturated heterocycles. The molecule has 0 heterocycles. The van der Waals surface area contributed by atoms with Gasteiger partial charge >= 0.3 is 6.18 Å². The van der Waals surface area contributed by atoms with Gasteiger partial charge in [-0.2, -0.15) is 13.2 Å². The molecule has 0 spiro atoms. The zero-order valence-corrected chi connectivity index (χ0v) is 17.5. The monoisotopic (exact) mass is 453 g/mol. The lowest BCUT2D eigenvalue weighted by Crippen LogP contribution is -2.49. The summed E-state index contributed by atoms with van der Waals surface area (Å²) in [4.78, 5) is 25.3. The van der Waals surface area contributed by atoms with Gasteiger partial charge < -0.3 is 16.8 Å². The minimum atomic E-state index is -4.66. The van der Waals surface area contributed by atoms with Crippen molar-refractivity contribution in [3.63, 3.8) is 0 Å². The lowest BCUT2D eigenvalue weighted by molar-refractivity contribution is -0.137. The molecule has 0 fully saturated rings. The molecule has 2 aromatic rings. The van der Waals surface area contributed by atoms with E-state index < -0.39 is 47.8 Å². The molecule has 0 bridgehead atoms. The molecule has 2 aromatic carbocycles. The van der Waals surface area contributed by atoms with Crippen LogP contribution in [0.3, 0.4) is 0 Å². The number of carbonyl (C=O) groups is 2. The number of rotatable bonds is 11. The van der Waals surface area contributed by atoms with Gasteiger partial charge in [-0.3, -0.25) is 9.59 Å². The van der Waals surface area contributed by atoms with E-state index in [4.69, 9.17) is 11.5 Å². The summed E-state index contributed by atoms with van der Waals surface area (Å²) in [5, 5.41) is 2.58. The van der Waals surface area contributed by atoms with Gasteiger partial charge in [0.2, 0.25) is 5.91 Å². The number of amides is 1. The predicted octanol–water partition coefficient (Wildman–Crippen LogP) is 3.14. The van der Waals surface area contributed by atoms with E-state index in [-0.39, 0.29) is 12.0 Å². The predicted molar refractivity (Wildman–Crippen MR) is 113 cm³/mol. The van der Waals surface area contributed by atoms with Gasteiger partial charge in [-0.25, -0.2) is 4.39 Å². The summed E-state index contributed by atoms with van der Waals surface area (Å²) in [5.74, 6) is -2.08. The second-order valence-electron chi connectivity index (χ2n) is 7.57. The Morgan fingerprint density at radius 3 is 2.34 bits per heavy atom. The van der Waals surface area contributed by atoms with Gasteiger partial charge in [-0.15, -0.1) is 0 Å². The van der Waals surface area contributed by atoms with Crippen molar-refractivity contribution in [1.82, 2.24) is 5.32 Å². The number of ketones is 1. The van der Waals surface area contributed by atoms with E-state index >= 15 is 0 Å². The number of nitrogens with one attached hydrogen (secondary N) is 1. The fourth-order valence-corrected chi connectivity index (χ4v) is 3.21. The SMILES string of the molecule is NCCC[C@H](N)C(=O)N[C@H](CCc1ccccc1)C(=O)Cc1cc(C(F)(F)F)ccc1F. The maximum atomic E-state index is 14.1. The maximum Gasteiger partial charge on any atom is 0.416 e. The second kappa shape index (κ2) is 11.7. The molecule has 5 nitrogen and oxygen atoms in total. The van der Waals surface area contributed by atoms with E-state index in [1.165, 1.54) is 0 Å². The van der Waals surface area contributed by atoms with Gasteiger partial charge in [0.15, 0.2) is 5.78 Å². The van der Waals surface area contributed by atoms with E-state index in [2.05, 4.69) is 5.32 Å². The van der Waals surface area contributed by atoms with Crippen LogP contribution in [0.25, 0.3) is 0 Å². The molecule has 0 radical (unpaired) electrons. The molecule has 32 heavy (non-hydrogen) atoms. The van der Waals surface area contributed by atoms with Crippen molar-refractivity contribution in [2.24, 2.45) is 11.5 Å². The highest BCUT2D eigenvalue weighted by molar-refractivity contribution is 5.92. The van der Waals surface area contributed by atoms with Crippen LogP contribution in [-0.4, -0.2) is 30.3 Å². The molecular formula is C23H27F4N3O2. The Labute approximate surface area is 184 Å². The molecule has 5 N–H and O–H groups in total. The van der Waals surface area contributed by atoms with Gasteiger partial charge in [0.05, 0.1) is 17.6 Å². The zero-order valence-electron chi connectivity index (χ0n) is 17.5. The number of hydrogen-bond acceptors (Lipinski definition) is 4. The Bertz CT molecular complexity index is 904. The maximum absolute atomic E-state index is 14.1. The second-order valence-corrected chi connectivity index (χ2v) is 7.57. The first-order chi connectivity index (χ1) is 15.1. The van der Waals surface area contributed by atoms with E-state index in [0.29, 0.717) is 44.0 Å². The number of benzene rings is 2. The summed E-state index contributed by atoms with van der Waals surface area (Å²) in [5.41, 5.74) is 10.8. The topological polar surface area (TPSA) is 98.2 Å². The van der Waals surface area contributed by atoms with Crippen LogP contribution in [-0.2, 0) is 28.6 Å². The van der Waals surface area contributed by atoms with Crippen LogP contribution in [0, 0.1) is 5.82 Å². The largest absolute Gasteiger partial charge is 0.416 e. The van der Waals surface area contributed by atoms with E-state index in [9.17, 15) is 27.2 Å². The van der Waals surface area contributed by atoms with Crippen LogP contribution in [0.15, 0.2) is 48.5 Å². The molecule has 1 amide bonds. The molecule has 174 valence electrons. The fourth-order valence-electron chi connectivity index (χ4n) is 3.21. The lowest BCUT2D eigenvalue weighted by atomic mass is 9.96. The third-order valence-electron chi connectivity index (χ3n) is 5.06. The van der Waals surface area contributed by atoms with Gasteiger partial charge in [0, 0.05) is 6.42 Å². The fraction of sp³-hybridized carbons (Fsp3) is 0.391. The van der Waals surface area contributed by atoms with Crippen LogP contribution in [0.4, 0.5) is 17.6 Å². The van der Waals surface area contributed by atoms with Gasteiger partial charge in [-0.05, 0) is 61.6 Å². The smallest absolute Gasteiger partial charge is 0.345 e. The quantitative estimate of drug-likeness (QED) is 0.456. The Morgan fingerprint density at radius 1 is 1.03 bits per heavy atom. The lowest BCUT2D eigenvalue weighted by Gasteiger charge is -2.21. The first-order valence-electron chi connectivity index (χ1n) is 10.3. The summed E-state index contributed by atoms with van der Waals surface area (Å²) in [7, 11) is 0. The summed E-state index contributed by atoms with van der Waals surface area (Å²) in [6.45, 7) is 0.353. The highest BCUT2D eigenvalue weighted by atomic mass is 19.4. The molecule has 0 aromatic heterocycles. The first-order valence-corrected chi connectivity index (χ1v) is 10.3. The Kier molecular flexibility index (Phi) is 9.34. The van der Waals surface area contributed by atoms with E-state index in [1.807, 2.05) is 30.3 Å². The van der Waals surface area contributed by atoms with Gasteiger partial charge in [0.25, 0.3) is 0 Å². The van der Waals surface area contributed by atoms with Gasteiger partial charge in [-0.1, -0.05) is 30.3 Å². The van der Waals surface area contributed by atoms with Crippen LogP contribution in [0.5, 0.6) is 0 Å². The Balaban J connectivity index is 2.18. The van der Waals surface area contributed by atoms with Crippen LogP contribution < -0.4 is 16.8 Å². The highest BCUT2D eigenvalue weighted by Crippen LogP contribution is 2.30. The molecule has 9 heteroatoms. The number of alkyl halides is 3. The van der Waals surface area contributed by atoms with Crippen molar-refractivity contribution in [3.8, 4) is 0 Å². The Morgan fingerprint density at radius 2 is 1.72 bits per heavy atom. The van der Waals surface area contributed by atoms with Crippen molar-refractivity contribution in [2.45, 2.75) is 50.4 Å². The number of Topliss-reactive ketones (excluding diaryl/α,β-unsaturated/α-hetero) is 1. The molecule has 0 aliphatic carbocycles.